The predicted octanol–water partition coefficient (Wildman–Crippen LogP) is 5.68. The number of aryl methyl sites for hydroxylation is 1. The van der Waals surface area contributed by atoms with Crippen molar-refractivity contribution in [1.82, 2.24) is 4.98 Å². The lowest BCUT2D eigenvalue weighted by molar-refractivity contribution is -0.141. The molecule has 5 heteroatoms. The van der Waals surface area contributed by atoms with Crippen molar-refractivity contribution in [2.45, 2.75) is 40.8 Å². The van der Waals surface area contributed by atoms with Crippen LogP contribution in [-0.4, -0.2) is 4.98 Å². The fraction of sp³-hybridized carbons (Fsp3) is 0.462. The third kappa shape index (κ3) is 4.29. The van der Waals surface area contributed by atoms with E-state index in [4.69, 9.17) is 0 Å². The molecule has 2 rings (SSSR count). The van der Waals surface area contributed by atoms with Gasteiger partial charge in [0.15, 0.2) is 0 Å². The molecule has 0 atom stereocenters. The van der Waals surface area contributed by atoms with Gasteiger partial charge in [-0.3, -0.25) is 4.98 Å². The summed E-state index contributed by atoms with van der Waals surface area (Å²) in [5, 5.41) is 0.606. The first-order valence-electron chi connectivity index (χ1n) is 5.90. The molecule has 18 heavy (non-hydrogen) atoms. The van der Waals surface area contributed by atoms with Crippen LogP contribution in [0.3, 0.4) is 0 Å². The van der Waals surface area contributed by atoms with Crippen molar-refractivity contribution < 1.29 is 13.2 Å². The summed E-state index contributed by atoms with van der Waals surface area (Å²) in [6.45, 7) is 9.86. The number of hydrogen-bond donors (Lipinski definition) is 0. The molecule has 0 aromatic carbocycles. The summed E-state index contributed by atoms with van der Waals surface area (Å²) in [5.74, 6) is 0. The first-order valence-corrected chi connectivity index (χ1v) is 6.72. The molecule has 2 heterocycles. The van der Waals surface area contributed by atoms with Gasteiger partial charge >= 0.3 is 6.18 Å². The quantitative estimate of drug-likeness (QED) is 0.604. The highest BCUT2D eigenvalue weighted by atomic mass is 32.1. The van der Waals surface area contributed by atoms with Crippen LogP contribution in [0, 0.1) is 6.92 Å². The van der Waals surface area contributed by atoms with Gasteiger partial charge in [-0.1, -0.05) is 27.7 Å². The zero-order chi connectivity index (χ0) is 14.3. The van der Waals surface area contributed by atoms with Crippen molar-refractivity contribution in [3.8, 4) is 0 Å². The van der Waals surface area contributed by atoms with Gasteiger partial charge in [0.1, 0.15) is 5.69 Å². The number of halogens is 3. The first kappa shape index (κ1) is 16.9. The minimum atomic E-state index is -4.36. The largest absolute Gasteiger partial charge is 0.433 e. The lowest BCUT2D eigenvalue weighted by Gasteiger charge is -2.04. The summed E-state index contributed by atoms with van der Waals surface area (Å²) in [5.41, 5.74) is -0.831. The second-order valence-corrected chi connectivity index (χ2v) is 4.25. The molecule has 2 aromatic rings. The Labute approximate surface area is 110 Å². The summed E-state index contributed by atoms with van der Waals surface area (Å²) in [4.78, 5) is 4.36. The monoisotopic (exact) mass is 277 g/mol. The summed E-state index contributed by atoms with van der Waals surface area (Å²) in [6.07, 6.45) is -3.08. The molecule has 0 fully saturated rings. The molecule has 2 aromatic heterocycles. The number of fused-ring (bicyclic) bond motifs is 1. The van der Waals surface area contributed by atoms with E-state index in [0.717, 1.165) is 15.6 Å². The zero-order valence-corrected chi connectivity index (χ0v) is 12.0. The maximum atomic E-state index is 12.3. The van der Waals surface area contributed by atoms with Crippen molar-refractivity contribution in [2.75, 3.05) is 0 Å². The van der Waals surface area contributed by atoms with Crippen molar-refractivity contribution in [1.29, 1.82) is 0 Å². The smallest absolute Gasteiger partial charge is 0.250 e. The van der Waals surface area contributed by atoms with Crippen LogP contribution in [0.5, 0.6) is 0 Å². The number of thiophene rings is 1. The Kier molecular flexibility index (Phi) is 6.91. The van der Waals surface area contributed by atoms with Crippen molar-refractivity contribution in [3.63, 3.8) is 0 Å². The second kappa shape index (κ2) is 7.36. The average molecular weight is 277 g/mol. The highest BCUT2D eigenvalue weighted by molar-refractivity contribution is 7.18. The van der Waals surface area contributed by atoms with Gasteiger partial charge in [-0.15, -0.1) is 11.3 Å². The SMILES string of the molecule is CC.CC.Cc1cc2cc(C(F)(F)F)ncc2s1. The van der Waals surface area contributed by atoms with Gasteiger partial charge in [0.25, 0.3) is 0 Å². The molecule has 0 unspecified atom stereocenters. The van der Waals surface area contributed by atoms with Crippen LogP contribution in [0.4, 0.5) is 13.2 Å². The van der Waals surface area contributed by atoms with E-state index in [2.05, 4.69) is 4.98 Å². The number of pyridine rings is 1. The Hall–Kier alpha value is -1.10. The molecule has 1 nitrogen and oxygen atoms in total. The molecule has 0 radical (unpaired) electrons. The lowest BCUT2D eigenvalue weighted by Crippen LogP contribution is -2.06. The molecule has 102 valence electrons. The first-order chi connectivity index (χ1) is 8.47. The van der Waals surface area contributed by atoms with E-state index in [9.17, 15) is 13.2 Å². The average Bonchev–Trinajstić information content (AvgIpc) is 2.72. The summed E-state index contributed by atoms with van der Waals surface area (Å²) in [7, 11) is 0. The maximum absolute atomic E-state index is 12.3. The van der Waals surface area contributed by atoms with Gasteiger partial charge < -0.3 is 0 Å². The Morgan fingerprint density at radius 1 is 1.06 bits per heavy atom. The number of nitrogens with zero attached hydrogens (tertiary/aromatic N) is 1. The van der Waals surface area contributed by atoms with Crippen molar-refractivity contribution in [3.05, 3.63) is 28.9 Å². The molecule has 0 spiro atoms. The van der Waals surface area contributed by atoms with Gasteiger partial charge in [0, 0.05) is 11.1 Å². The van der Waals surface area contributed by atoms with Crippen LogP contribution in [0.2, 0.25) is 0 Å². The minimum absolute atomic E-state index is 0.606. The van der Waals surface area contributed by atoms with Gasteiger partial charge in [-0.2, -0.15) is 13.2 Å². The molecule has 0 N–H and O–H groups in total. The van der Waals surface area contributed by atoms with Crippen LogP contribution in [0.15, 0.2) is 18.3 Å². The highest BCUT2D eigenvalue weighted by Crippen LogP contribution is 2.31. The number of hydrogen-bond acceptors (Lipinski definition) is 2. The number of rotatable bonds is 0. The van der Waals surface area contributed by atoms with E-state index in [1.54, 1.807) is 6.07 Å². The summed E-state index contributed by atoms with van der Waals surface area (Å²) < 4.78 is 37.6. The Bertz CT molecular complexity index is 475. The minimum Gasteiger partial charge on any atom is -0.250 e. The van der Waals surface area contributed by atoms with Gasteiger partial charge in [-0.25, -0.2) is 0 Å². The highest BCUT2D eigenvalue weighted by Gasteiger charge is 2.32. The van der Waals surface area contributed by atoms with E-state index in [1.807, 2.05) is 34.6 Å². The second-order valence-electron chi connectivity index (χ2n) is 2.96. The van der Waals surface area contributed by atoms with Crippen molar-refractivity contribution in [2.24, 2.45) is 0 Å². The lowest BCUT2D eigenvalue weighted by atomic mass is 10.2. The van der Waals surface area contributed by atoms with Gasteiger partial charge in [0.05, 0.1) is 4.70 Å². The van der Waals surface area contributed by atoms with E-state index in [-0.39, 0.29) is 0 Å². The molecule has 0 saturated heterocycles. The molecule has 0 aliphatic heterocycles. The third-order valence-corrected chi connectivity index (χ3v) is 2.82. The fourth-order valence-corrected chi connectivity index (χ4v) is 2.11. The van der Waals surface area contributed by atoms with E-state index >= 15 is 0 Å². The van der Waals surface area contributed by atoms with Crippen LogP contribution in [0.1, 0.15) is 38.3 Å². The molecule has 0 amide bonds. The molecule has 0 aliphatic rings. The van der Waals surface area contributed by atoms with E-state index in [0.29, 0.717) is 5.39 Å². The van der Waals surface area contributed by atoms with E-state index < -0.39 is 11.9 Å². The Morgan fingerprint density at radius 2 is 1.61 bits per heavy atom. The normalized spacial score (nSPS) is 10.2. The fourth-order valence-electron chi connectivity index (χ4n) is 1.23. The standard InChI is InChI=1S/C9H6F3NS.2C2H6/c1-5-2-6-3-8(9(10,11)12)13-4-7(6)14-5;2*1-2/h2-4H,1H3;2*1-2H3. The predicted molar refractivity (Wildman–Crippen MR) is 72.1 cm³/mol. The van der Waals surface area contributed by atoms with E-state index in [1.165, 1.54) is 17.5 Å². The summed E-state index contributed by atoms with van der Waals surface area (Å²) >= 11 is 1.44. The summed E-state index contributed by atoms with van der Waals surface area (Å²) in [6, 6.07) is 2.82. The zero-order valence-electron chi connectivity index (χ0n) is 11.2. The Balaban J connectivity index is 0.000000659. The topological polar surface area (TPSA) is 12.9 Å². The van der Waals surface area contributed by atoms with Crippen molar-refractivity contribution >= 4 is 21.4 Å². The van der Waals surface area contributed by atoms with Crippen LogP contribution >= 0.6 is 11.3 Å². The Morgan fingerprint density at radius 3 is 2.11 bits per heavy atom. The molecule has 0 bridgehead atoms. The number of aromatic nitrogens is 1. The van der Waals surface area contributed by atoms with Crippen LogP contribution in [0.25, 0.3) is 10.1 Å². The third-order valence-electron chi connectivity index (χ3n) is 1.82. The maximum Gasteiger partial charge on any atom is 0.433 e. The van der Waals surface area contributed by atoms with Gasteiger partial charge in [0.2, 0.25) is 0 Å². The molecular weight excluding hydrogens is 259 g/mol. The van der Waals surface area contributed by atoms with Crippen LogP contribution < -0.4 is 0 Å². The molecule has 0 saturated carbocycles. The molecule has 0 aliphatic carbocycles. The van der Waals surface area contributed by atoms with Gasteiger partial charge in [-0.05, 0) is 24.4 Å². The van der Waals surface area contributed by atoms with Crippen LogP contribution in [-0.2, 0) is 6.18 Å². The molecular formula is C13H18F3NS. The number of alkyl halides is 3.